The van der Waals surface area contributed by atoms with Gasteiger partial charge in [0.05, 0.1) is 5.58 Å². The molecule has 1 radical (unpaired) electrons. The van der Waals surface area contributed by atoms with Gasteiger partial charge in [-0.1, -0.05) is 66.1 Å². The van der Waals surface area contributed by atoms with Crippen molar-refractivity contribution in [2.45, 2.75) is 34.6 Å². The van der Waals surface area contributed by atoms with Crippen LogP contribution in [0.5, 0.6) is 0 Å². The molecule has 6 aromatic rings. The van der Waals surface area contributed by atoms with E-state index in [0.29, 0.717) is 0 Å². The fourth-order valence-corrected chi connectivity index (χ4v) is 4.03. The number of benzene rings is 2. The first-order valence-electron chi connectivity index (χ1n) is 11.9. The van der Waals surface area contributed by atoms with E-state index in [-0.39, 0.29) is 20.1 Å². The Hall–Kier alpha value is -3.66. The zero-order chi connectivity index (χ0) is 25.2. The first-order valence-corrected chi connectivity index (χ1v) is 11.9. The summed E-state index contributed by atoms with van der Waals surface area (Å²) in [5.41, 5.74) is 11.6. The maximum atomic E-state index is 5.56. The maximum absolute atomic E-state index is 5.56. The molecule has 5 heteroatoms. The topological polar surface area (TPSA) is 51.8 Å². The molecule has 2 aromatic carbocycles. The van der Waals surface area contributed by atoms with Crippen molar-refractivity contribution in [2.75, 3.05) is 0 Å². The van der Waals surface area contributed by atoms with Gasteiger partial charge in [0.1, 0.15) is 0 Å². The molecule has 0 spiro atoms. The Morgan fingerprint density at radius 3 is 2.32 bits per heavy atom. The standard InChI is InChI=1S/C17H11N2O.C15H16N.Ir/c1-11-5-6-13-14(15-4-2-3-8-18-15)10-12-7-9-20-17(12)16(13)19-11;1-10-5-6-14(7-11(10)2)15-8-12(3)13(4)9-16-15;/h2-9H,1H3;5,7-9H,1-4H3;/q2*-1;. The zero-order valence-corrected chi connectivity index (χ0v) is 23.9. The number of aromatic nitrogens is 3. The molecular formula is C32H27IrN3O-2. The van der Waals surface area contributed by atoms with Crippen molar-refractivity contribution in [1.29, 1.82) is 0 Å². The number of rotatable bonds is 2. The summed E-state index contributed by atoms with van der Waals surface area (Å²) in [5, 5.41) is 1.94. The van der Waals surface area contributed by atoms with Crippen molar-refractivity contribution >= 4 is 21.9 Å². The van der Waals surface area contributed by atoms with Crippen molar-refractivity contribution in [3.63, 3.8) is 0 Å². The molecule has 4 nitrogen and oxygen atoms in total. The average Bonchev–Trinajstić information content (AvgIpc) is 3.37. The molecule has 6 rings (SSSR count). The molecule has 0 N–H and O–H groups in total. The van der Waals surface area contributed by atoms with E-state index in [0.717, 1.165) is 50.1 Å². The SMILES string of the molecule is Cc1c[c-]c(-c2cc(C)c(C)cn2)cc1C.Cc1ccc2c(-c3ccccn3)[c-]c3ccoc3c2n1.[Ir]. The molecule has 0 aliphatic rings. The number of aryl methyl sites for hydroxylation is 5. The molecule has 4 heterocycles. The van der Waals surface area contributed by atoms with Gasteiger partial charge in [-0.15, -0.1) is 41.0 Å². The van der Waals surface area contributed by atoms with Crippen LogP contribution in [0, 0.1) is 46.8 Å². The zero-order valence-electron chi connectivity index (χ0n) is 21.5. The molecule has 187 valence electrons. The van der Waals surface area contributed by atoms with Crippen molar-refractivity contribution < 1.29 is 24.5 Å². The predicted octanol–water partition coefficient (Wildman–Crippen LogP) is 7.93. The van der Waals surface area contributed by atoms with Crippen molar-refractivity contribution in [3.8, 4) is 22.5 Å². The van der Waals surface area contributed by atoms with Crippen LogP contribution in [0.4, 0.5) is 0 Å². The number of nitrogens with zero attached hydrogens (tertiary/aromatic N) is 3. The number of hydrogen-bond donors (Lipinski definition) is 0. The summed E-state index contributed by atoms with van der Waals surface area (Å²) in [4.78, 5) is 13.5. The van der Waals surface area contributed by atoms with Crippen LogP contribution in [0.1, 0.15) is 27.9 Å². The normalized spacial score (nSPS) is 10.6. The van der Waals surface area contributed by atoms with Gasteiger partial charge in [0.15, 0.2) is 0 Å². The summed E-state index contributed by atoms with van der Waals surface area (Å²) in [7, 11) is 0. The molecule has 0 fully saturated rings. The van der Waals surface area contributed by atoms with E-state index < -0.39 is 0 Å². The minimum absolute atomic E-state index is 0. The smallest absolute Gasteiger partial charge is 0.0847 e. The van der Waals surface area contributed by atoms with E-state index >= 15 is 0 Å². The van der Waals surface area contributed by atoms with Gasteiger partial charge in [-0.05, 0) is 44.2 Å². The largest absolute Gasteiger partial charge is 0.506 e. The third-order valence-electron chi connectivity index (χ3n) is 6.44. The molecule has 0 bridgehead atoms. The Labute approximate surface area is 231 Å². The number of hydrogen-bond acceptors (Lipinski definition) is 4. The van der Waals surface area contributed by atoms with Crippen molar-refractivity contribution in [2.24, 2.45) is 0 Å². The van der Waals surface area contributed by atoms with Gasteiger partial charge in [-0.2, -0.15) is 0 Å². The van der Waals surface area contributed by atoms with Crippen molar-refractivity contribution in [3.05, 3.63) is 113 Å². The van der Waals surface area contributed by atoms with Gasteiger partial charge >= 0.3 is 0 Å². The molecule has 0 aliphatic carbocycles. The van der Waals surface area contributed by atoms with Crippen LogP contribution in [-0.4, -0.2) is 15.0 Å². The Kier molecular flexibility index (Phi) is 7.97. The molecule has 0 unspecified atom stereocenters. The van der Waals surface area contributed by atoms with E-state index in [1.54, 1.807) is 12.5 Å². The molecule has 0 aliphatic heterocycles. The summed E-state index contributed by atoms with van der Waals surface area (Å²) in [6.07, 6.45) is 5.39. The predicted molar refractivity (Wildman–Crippen MR) is 146 cm³/mol. The Morgan fingerprint density at radius 1 is 0.784 bits per heavy atom. The number of pyridine rings is 3. The van der Waals surface area contributed by atoms with Gasteiger partial charge in [0.2, 0.25) is 0 Å². The third-order valence-corrected chi connectivity index (χ3v) is 6.44. The van der Waals surface area contributed by atoms with Crippen LogP contribution in [0.25, 0.3) is 44.4 Å². The van der Waals surface area contributed by atoms with Crippen LogP contribution in [0.2, 0.25) is 0 Å². The van der Waals surface area contributed by atoms with Gasteiger partial charge in [-0.25, -0.2) is 0 Å². The molecule has 0 atom stereocenters. The average molecular weight is 662 g/mol. The molecule has 0 saturated carbocycles. The Balaban J connectivity index is 0.000000173. The summed E-state index contributed by atoms with van der Waals surface area (Å²) in [6, 6.07) is 24.8. The van der Waals surface area contributed by atoms with Crippen LogP contribution in [-0.2, 0) is 20.1 Å². The molecule has 4 aromatic heterocycles. The first-order chi connectivity index (χ1) is 17.4. The van der Waals surface area contributed by atoms with E-state index in [2.05, 4.69) is 73.0 Å². The fourth-order valence-electron chi connectivity index (χ4n) is 4.03. The Morgan fingerprint density at radius 2 is 1.59 bits per heavy atom. The number of furan rings is 1. The Bertz CT molecular complexity index is 1640. The maximum Gasteiger partial charge on any atom is 0.0847 e. The van der Waals surface area contributed by atoms with Crippen LogP contribution < -0.4 is 0 Å². The van der Waals surface area contributed by atoms with Crippen LogP contribution in [0.3, 0.4) is 0 Å². The number of fused-ring (bicyclic) bond motifs is 3. The summed E-state index contributed by atoms with van der Waals surface area (Å²) in [5.74, 6) is 0. The second-order valence-corrected chi connectivity index (χ2v) is 9.09. The quantitative estimate of drug-likeness (QED) is 0.177. The van der Waals surface area contributed by atoms with Crippen LogP contribution in [0.15, 0.2) is 77.7 Å². The van der Waals surface area contributed by atoms with E-state index in [4.69, 9.17) is 4.42 Å². The van der Waals surface area contributed by atoms with Crippen molar-refractivity contribution in [1.82, 2.24) is 15.0 Å². The summed E-state index contributed by atoms with van der Waals surface area (Å²) >= 11 is 0. The molecular weight excluding hydrogens is 635 g/mol. The van der Waals surface area contributed by atoms with Gasteiger partial charge < -0.3 is 9.40 Å². The monoisotopic (exact) mass is 662 g/mol. The van der Waals surface area contributed by atoms with Gasteiger partial charge in [0.25, 0.3) is 0 Å². The van der Waals surface area contributed by atoms with Crippen LogP contribution >= 0.6 is 0 Å². The summed E-state index contributed by atoms with van der Waals surface area (Å²) in [6.45, 7) is 10.4. The molecule has 0 saturated heterocycles. The second kappa shape index (κ2) is 11.2. The van der Waals surface area contributed by atoms with Gasteiger partial charge in [0, 0.05) is 55.7 Å². The third kappa shape index (κ3) is 5.53. The summed E-state index contributed by atoms with van der Waals surface area (Å²) < 4.78 is 5.56. The van der Waals surface area contributed by atoms with E-state index in [1.807, 2.05) is 49.5 Å². The minimum Gasteiger partial charge on any atom is -0.506 e. The van der Waals surface area contributed by atoms with Gasteiger partial charge in [-0.3, -0.25) is 9.97 Å². The minimum atomic E-state index is 0. The van der Waals surface area contributed by atoms with E-state index in [1.165, 1.54) is 22.3 Å². The second-order valence-electron chi connectivity index (χ2n) is 9.09. The molecule has 37 heavy (non-hydrogen) atoms. The molecule has 0 amide bonds. The first kappa shape index (κ1) is 26.4. The van der Waals surface area contributed by atoms with E-state index in [9.17, 15) is 0 Å². The fraction of sp³-hybridized carbons (Fsp3) is 0.156.